The van der Waals surface area contributed by atoms with E-state index in [1.54, 1.807) is 30.3 Å². The number of hydrogen-bond acceptors (Lipinski definition) is 7. The maximum atomic E-state index is 12.4. The molecule has 198 valence electrons. The van der Waals surface area contributed by atoms with Crippen LogP contribution in [0.15, 0.2) is 80.8 Å². The number of methoxy groups -OCH3 is 1. The van der Waals surface area contributed by atoms with Crippen LogP contribution < -0.4 is 21.5 Å². The molecular formula is C28H29N3O7. The van der Waals surface area contributed by atoms with Crippen LogP contribution in [0.25, 0.3) is 11.1 Å². The van der Waals surface area contributed by atoms with E-state index in [4.69, 9.17) is 14.0 Å². The number of carbonyl (C=O) groups excluding carboxylic acids is 1. The normalized spacial score (nSPS) is 11.8. The second kappa shape index (κ2) is 12.2. The molecule has 0 bridgehead atoms. The van der Waals surface area contributed by atoms with Gasteiger partial charge in [-0.1, -0.05) is 36.4 Å². The molecule has 38 heavy (non-hydrogen) atoms. The van der Waals surface area contributed by atoms with Crippen LogP contribution in [0.3, 0.4) is 0 Å². The van der Waals surface area contributed by atoms with Gasteiger partial charge in [-0.05, 0) is 65.1 Å². The summed E-state index contributed by atoms with van der Waals surface area (Å²) in [4.78, 5) is 37.2. The van der Waals surface area contributed by atoms with Crippen LogP contribution >= 0.6 is 0 Å². The molecule has 4 rings (SSSR count). The van der Waals surface area contributed by atoms with Crippen molar-refractivity contribution in [2.24, 2.45) is 0 Å². The van der Waals surface area contributed by atoms with Gasteiger partial charge in [0.1, 0.15) is 12.4 Å². The number of benzene rings is 3. The number of aromatic nitrogens is 2. The molecular weight excluding hydrogens is 490 g/mol. The monoisotopic (exact) mass is 519 g/mol. The van der Waals surface area contributed by atoms with E-state index in [0.717, 1.165) is 32.6 Å². The van der Waals surface area contributed by atoms with Crippen molar-refractivity contribution in [3.05, 3.63) is 110 Å². The minimum absolute atomic E-state index is 0.114. The van der Waals surface area contributed by atoms with E-state index in [0.29, 0.717) is 17.9 Å². The van der Waals surface area contributed by atoms with Crippen molar-refractivity contribution in [3.8, 4) is 16.9 Å². The first-order valence-electron chi connectivity index (χ1n) is 12.0. The maximum absolute atomic E-state index is 12.4. The van der Waals surface area contributed by atoms with Crippen molar-refractivity contribution in [1.29, 1.82) is 0 Å². The van der Waals surface area contributed by atoms with Gasteiger partial charge in [-0.15, -0.1) is 4.74 Å². The number of aromatic amines is 1. The van der Waals surface area contributed by atoms with Gasteiger partial charge in [-0.25, -0.2) is 14.6 Å². The average molecular weight is 520 g/mol. The van der Waals surface area contributed by atoms with Gasteiger partial charge in [0, 0.05) is 19.2 Å². The van der Waals surface area contributed by atoms with E-state index >= 15 is 0 Å². The van der Waals surface area contributed by atoms with E-state index in [9.17, 15) is 19.5 Å². The van der Waals surface area contributed by atoms with Gasteiger partial charge in [0.2, 0.25) is 0 Å². The Balaban J connectivity index is 1.37. The van der Waals surface area contributed by atoms with E-state index < -0.39 is 17.5 Å². The Labute approximate surface area is 218 Å². The molecule has 0 spiro atoms. The van der Waals surface area contributed by atoms with Crippen LogP contribution in [0.5, 0.6) is 5.75 Å². The van der Waals surface area contributed by atoms with Crippen molar-refractivity contribution < 1.29 is 23.9 Å². The average Bonchev–Trinajstić information content (AvgIpc) is 3.23. The second-order valence-corrected chi connectivity index (χ2v) is 8.83. The molecule has 4 aromatic rings. The summed E-state index contributed by atoms with van der Waals surface area (Å²) >= 11 is 0. The topological polar surface area (TPSA) is 136 Å². The van der Waals surface area contributed by atoms with Gasteiger partial charge in [0.15, 0.2) is 0 Å². The largest absolute Gasteiger partial charge is 0.489 e. The summed E-state index contributed by atoms with van der Waals surface area (Å²) in [6.07, 6.45) is -0.757. The predicted molar refractivity (Wildman–Crippen MR) is 140 cm³/mol. The predicted octanol–water partition coefficient (Wildman–Crippen LogP) is 2.47. The van der Waals surface area contributed by atoms with Gasteiger partial charge < -0.3 is 24.4 Å². The zero-order valence-electron chi connectivity index (χ0n) is 21.1. The Hall–Kier alpha value is -4.41. The third kappa shape index (κ3) is 6.87. The number of ether oxygens (including phenoxy) is 2. The molecule has 3 N–H and O–H groups in total. The molecule has 1 aromatic heterocycles. The molecule has 3 aromatic carbocycles. The minimum atomic E-state index is -0.789. The second-order valence-electron chi connectivity index (χ2n) is 8.83. The molecule has 0 aliphatic rings. The van der Waals surface area contributed by atoms with Crippen LogP contribution in [0.4, 0.5) is 0 Å². The number of hydrogen-bond donors (Lipinski definition) is 3. The number of rotatable bonds is 11. The van der Waals surface area contributed by atoms with Crippen molar-refractivity contribution >= 4 is 5.91 Å². The first-order chi connectivity index (χ1) is 18.3. The number of aliphatic hydroxyl groups excluding tert-OH is 1. The highest BCUT2D eigenvalue weighted by molar-refractivity contribution is 5.95. The van der Waals surface area contributed by atoms with E-state index in [2.05, 4.69) is 5.32 Å². The lowest BCUT2D eigenvalue weighted by Crippen LogP contribution is -2.34. The Bertz CT molecular complexity index is 1500. The summed E-state index contributed by atoms with van der Waals surface area (Å²) < 4.78 is 16.5. The van der Waals surface area contributed by atoms with Crippen LogP contribution in [0, 0.1) is 6.92 Å². The van der Waals surface area contributed by atoms with Crippen LogP contribution in [0.1, 0.15) is 27.0 Å². The number of aryl methyl sites for hydroxylation is 1. The summed E-state index contributed by atoms with van der Waals surface area (Å²) in [5.41, 5.74) is 4.62. The molecule has 1 unspecified atom stereocenters. The van der Waals surface area contributed by atoms with Gasteiger partial charge in [0.05, 0.1) is 19.3 Å². The fourth-order valence-electron chi connectivity index (χ4n) is 3.96. The number of carbonyl (C=O) groups is 1. The Morgan fingerprint density at radius 2 is 1.87 bits per heavy atom. The lowest BCUT2D eigenvalue weighted by atomic mass is 9.97. The van der Waals surface area contributed by atoms with Crippen molar-refractivity contribution in [1.82, 2.24) is 15.0 Å². The van der Waals surface area contributed by atoms with Gasteiger partial charge >= 0.3 is 11.4 Å². The summed E-state index contributed by atoms with van der Waals surface area (Å²) in [6, 6.07) is 20.6. The number of aliphatic hydroxyl groups is 1. The maximum Gasteiger partial charge on any atom is 0.440 e. The van der Waals surface area contributed by atoms with Gasteiger partial charge in [-0.2, -0.15) is 0 Å². The molecule has 0 aliphatic carbocycles. The lowest BCUT2D eigenvalue weighted by molar-refractivity contribution is 0.0610. The molecule has 1 atom stereocenters. The van der Waals surface area contributed by atoms with Crippen LogP contribution in [0.2, 0.25) is 0 Å². The van der Waals surface area contributed by atoms with E-state index in [1.165, 1.54) is 7.11 Å². The zero-order valence-corrected chi connectivity index (χ0v) is 21.1. The lowest BCUT2D eigenvalue weighted by Gasteiger charge is -2.13. The Kier molecular flexibility index (Phi) is 8.57. The smallest absolute Gasteiger partial charge is 0.440 e. The fourth-order valence-corrected chi connectivity index (χ4v) is 3.96. The SMILES string of the molecule is COCC(O)CNC(=O)c1ccc(-c2cccc(COc3ccc(Cn4oc(=O)[nH]c4=O)cc3)c2)c(C)c1. The molecule has 0 aliphatic heterocycles. The third-order valence-corrected chi connectivity index (χ3v) is 5.87. The van der Waals surface area contributed by atoms with Gasteiger partial charge in [0.25, 0.3) is 5.91 Å². The highest BCUT2D eigenvalue weighted by atomic mass is 16.5. The molecule has 0 radical (unpaired) electrons. The number of nitrogens with one attached hydrogen (secondary N) is 2. The molecule has 10 nitrogen and oxygen atoms in total. The molecule has 10 heteroatoms. The molecule has 0 fully saturated rings. The highest BCUT2D eigenvalue weighted by Crippen LogP contribution is 2.26. The third-order valence-electron chi connectivity index (χ3n) is 5.87. The summed E-state index contributed by atoms with van der Waals surface area (Å²) in [7, 11) is 1.49. The molecule has 0 saturated carbocycles. The summed E-state index contributed by atoms with van der Waals surface area (Å²) in [5, 5.41) is 12.4. The first-order valence-corrected chi connectivity index (χ1v) is 12.0. The van der Waals surface area contributed by atoms with Gasteiger partial charge in [-0.3, -0.25) is 4.79 Å². The summed E-state index contributed by atoms with van der Waals surface area (Å²) in [5.74, 6) is -0.389. The minimum Gasteiger partial charge on any atom is -0.489 e. The quantitative estimate of drug-likeness (QED) is 0.277. The number of amides is 1. The highest BCUT2D eigenvalue weighted by Gasteiger charge is 2.12. The summed E-state index contributed by atoms with van der Waals surface area (Å²) in [6.45, 7) is 2.70. The standard InChI is InChI=1S/C28H29N3O7/c1-18-12-22(26(33)29-14-23(32)17-36-2)8-11-25(18)21-5-3-4-20(13-21)16-37-24-9-6-19(7-10-24)15-31-27(34)30-28(35)38-31/h3-13,23,32H,14-17H2,1-2H3,(H,29,33)(H,30,34,35). The van der Waals surface area contributed by atoms with E-state index in [1.807, 2.05) is 48.3 Å². The zero-order chi connectivity index (χ0) is 27.1. The van der Waals surface area contributed by atoms with Crippen LogP contribution in [-0.2, 0) is 17.9 Å². The Morgan fingerprint density at radius 3 is 2.55 bits per heavy atom. The van der Waals surface area contributed by atoms with Crippen LogP contribution in [-0.4, -0.2) is 47.1 Å². The fraction of sp³-hybridized carbons (Fsp3) is 0.250. The van der Waals surface area contributed by atoms with Crippen molar-refractivity contribution in [2.45, 2.75) is 26.2 Å². The molecule has 1 amide bonds. The van der Waals surface area contributed by atoms with Crippen molar-refractivity contribution in [2.75, 3.05) is 20.3 Å². The number of nitrogens with zero attached hydrogens (tertiary/aromatic N) is 1. The first kappa shape index (κ1) is 26.6. The Morgan fingerprint density at radius 1 is 1.08 bits per heavy atom. The molecule has 1 heterocycles. The van der Waals surface area contributed by atoms with Crippen molar-refractivity contribution in [3.63, 3.8) is 0 Å². The molecule has 0 saturated heterocycles. The number of H-pyrrole nitrogens is 1. The van der Waals surface area contributed by atoms with E-state index in [-0.39, 0.29) is 25.6 Å².